The monoisotopic (exact) mass is 397 g/mol. The van der Waals surface area contributed by atoms with Crippen molar-refractivity contribution >= 4 is 5.57 Å². The van der Waals surface area contributed by atoms with E-state index in [1.807, 2.05) is 18.2 Å². The minimum atomic E-state index is 0.335. The molecule has 2 aliphatic heterocycles. The fourth-order valence-corrected chi connectivity index (χ4v) is 4.42. The molecule has 2 aliphatic rings. The molecule has 1 saturated heterocycles. The van der Waals surface area contributed by atoms with E-state index in [9.17, 15) is 0 Å². The van der Waals surface area contributed by atoms with Crippen LogP contribution < -0.4 is 4.74 Å². The first-order valence-electron chi connectivity index (χ1n) is 10.7. The van der Waals surface area contributed by atoms with Crippen molar-refractivity contribution in [1.82, 2.24) is 4.90 Å². The average molecular weight is 398 g/mol. The van der Waals surface area contributed by atoms with Crippen molar-refractivity contribution in [3.05, 3.63) is 108 Å². The SMILES string of the molecule is C1=C(c2ccc(OCc3ccccc3)cc2)CC2COCC1N2Cc1ccccc1. The largest absolute Gasteiger partial charge is 0.489 e. The number of ether oxygens (including phenoxy) is 2. The van der Waals surface area contributed by atoms with E-state index in [-0.39, 0.29) is 0 Å². The van der Waals surface area contributed by atoms with Crippen LogP contribution in [-0.2, 0) is 17.9 Å². The summed E-state index contributed by atoms with van der Waals surface area (Å²) >= 11 is 0. The molecule has 0 saturated carbocycles. The number of morpholine rings is 1. The molecule has 3 heteroatoms. The lowest BCUT2D eigenvalue weighted by Crippen LogP contribution is -2.53. The van der Waals surface area contributed by atoms with Crippen LogP contribution in [0, 0.1) is 0 Å². The highest BCUT2D eigenvalue weighted by atomic mass is 16.5. The lowest BCUT2D eigenvalue weighted by atomic mass is 9.89. The first kappa shape index (κ1) is 19.1. The van der Waals surface area contributed by atoms with E-state index < -0.39 is 0 Å². The molecule has 0 aliphatic carbocycles. The van der Waals surface area contributed by atoms with Gasteiger partial charge in [-0.2, -0.15) is 0 Å². The maximum absolute atomic E-state index is 5.94. The number of fused-ring (bicyclic) bond motifs is 2. The second-order valence-corrected chi connectivity index (χ2v) is 8.11. The molecule has 0 amide bonds. The minimum absolute atomic E-state index is 0.335. The number of hydrogen-bond donors (Lipinski definition) is 0. The summed E-state index contributed by atoms with van der Waals surface area (Å²) in [6.07, 6.45) is 3.42. The Kier molecular flexibility index (Phi) is 5.65. The van der Waals surface area contributed by atoms with E-state index in [1.165, 1.54) is 22.3 Å². The highest BCUT2D eigenvalue weighted by Gasteiger charge is 2.34. The Labute approximate surface area is 178 Å². The third-order valence-electron chi connectivity index (χ3n) is 6.02. The van der Waals surface area contributed by atoms with E-state index in [4.69, 9.17) is 9.47 Å². The maximum Gasteiger partial charge on any atom is 0.119 e. The predicted molar refractivity (Wildman–Crippen MR) is 120 cm³/mol. The highest BCUT2D eigenvalue weighted by molar-refractivity contribution is 5.68. The first-order chi connectivity index (χ1) is 14.8. The van der Waals surface area contributed by atoms with Crippen molar-refractivity contribution in [2.75, 3.05) is 13.2 Å². The summed E-state index contributed by atoms with van der Waals surface area (Å²) in [7, 11) is 0. The Balaban J connectivity index is 1.27. The number of rotatable bonds is 6. The first-order valence-corrected chi connectivity index (χ1v) is 10.7. The van der Waals surface area contributed by atoms with Gasteiger partial charge in [-0.3, -0.25) is 4.90 Å². The molecule has 3 aromatic rings. The van der Waals surface area contributed by atoms with Gasteiger partial charge in [-0.1, -0.05) is 78.9 Å². The highest BCUT2D eigenvalue weighted by Crippen LogP contribution is 2.34. The Morgan fingerprint density at radius 1 is 0.800 bits per heavy atom. The van der Waals surface area contributed by atoms with Crippen LogP contribution in [0.3, 0.4) is 0 Å². The van der Waals surface area contributed by atoms with Gasteiger partial charge in [0.25, 0.3) is 0 Å². The summed E-state index contributed by atoms with van der Waals surface area (Å²) in [4.78, 5) is 2.60. The molecule has 3 aromatic carbocycles. The van der Waals surface area contributed by atoms with E-state index in [1.54, 1.807) is 0 Å². The Morgan fingerprint density at radius 2 is 1.50 bits per heavy atom. The second kappa shape index (κ2) is 8.86. The third-order valence-corrected chi connectivity index (χ3v) is 6.02. The van der Waals surface area contributed by atoms with Gasteiger partial charge in [-0.05, 0) is 40.8 Å². The molecule has 0 radical (unpaired) electrons. The molecule has 152 valence electrons. The minimum Gasteiger partial charge on any atom is -0.489 e. The van der Waals surface area contributed by atoms with Crippen LogP contribution in [0.15, 0.2) is 91.0 Å². The van der Waals surface area contributed by atoms with Gasteiger partial charge in [0.1, 0.15) is 12.4 Å². The van der Waals surface area contributed by atoms with Crippen molar-refractivity contribution in [1.29, 1.82) is 0 Å². The molecule has 3 nitrogen and oxygen atoms in total. The summed E-state index contributed by atoms with van der Waals surface area (Å²) in [5.74, 6) is 0.910. The molecule has 2 atom stereocenters. The van der Waals surface area contributed by atoms with Gasteiger partial charge in [-0.15, -0.1) is 0 Å². The number of benzene rings is 3. The summed E-state index contributed by atoms with van der Waals surface area (Å²) in [6, 6.07) is 30.3. The van der Waals surface area contributed by atoms with Crippen molar-refractivity contribution in [3.63, 3.8) is 0 Å². The average Bonchev–Trinajstić information content (AvgIpc) is 2.79. The molecule has 30 heavy (non-hydrogen) atoms. The molecule has 5 rings (SSSR count). The molecule has 0 N–H and O–H groups in total. The Bertz CT molecular complexity index is 982. The van der Waals surface area contributed by atoms with Crippen LogP contribution in [0.4, 0.5) is 0 Å². The molecule has 2 heterocycles. The van der Waals surface area contributed by atoms with Crippen LogP contribution in [0.2, 0.25) is 0 Å². The molecule has 1 fully saturated rings. The van der Waals surface area contributed by atoms with E-state index >= 15 is 0 Å². The van der Waals surface area contributed by atoms with Gasteiger partial charge in [-0.25, -0.2) is 0 Å². The van der Waals surface area contributed by atoms with Crippen molar-refractivity contribution in [2.45, 2.75) is 31.7 Å². The molecule has 2 bridgehead atoms. The molecular formula is C27H27NO2. The molecule has 2 unspecified atom stereocenters. The summed E-state index contributed by atoms with van der Waals surface area (Å²) in [5.41, 5.74) is 5.26. The van der Waals surface area contributed by atoms with Crippen molar-refractivity contribution < 1.29 is 9.47 Å². The zero-order valence-corrected chi connectivity index (χ0v) is 17.1. The summed E-state index contributed by atoms with van der Waals surface area (Å²) in [6.45, 7) is 3.15. The smallest absolute Gasteiger partial charge is 0.119 e. The van der Waals surface area contributed by atoms with Crippen LogP contribution in [-0.4, -0.2) is 30.2 Å². The van der Waals surface area contributed by atoms with Gasteiger partial charge < -0.3 is 9.47 Å². The fourth-order valence-electron chi connectivity index (χ4n) is 4.42. The topological polar surface area (TPSA) is 21.7 Å². The maximum atomic E-state index is 5.94. The van der Waals surface area contributed by atoms with Crippen molar-refractivity contribution in [3.8, 4) is 5.75 Å². The number of hydrogen-bond acceptors (Lipinski definition) is 3. The van der Waals surface area contributed by atoms with Gasteiger partial charge in [0.2, 0.25) is 0 Å². The zero-order valence-electron chi connectivity index (χ0n) is 17.1. The van der Waals surface area contributed by atoms with Gasteiger partial charge in [0, 0.05) is 12.6 Å². The van der Waals surface area contributed by atoms with Crippen LogP contribution in [0.1, 0.15) is 23.1 Å². The van der Waals surface area contributed by atoms with Gasteiger partial charge >= 0.3 is 0 Å². The standard InChI is InChI=1S/C27H27NO2/c1-3-7-21(8-4-1)17-28-25-15-24(16-26(28)20-29-19-25)23-11-13-27(14-12-23)30-18-22-9-5-2-6-10-22/h1-15,25-26H,16-20H2. The third kappa shape index (κ3) is 4.33. The fraction of sp³-hybridized carbons (Fsp3) is 0.259. The van der Waals surface area contributed by atoms with Crippen LogP contribution >= 0.6 is 0 Å². The van der Waals surface area contributed by atoms with Gasteiger partial charge in [0.15, 0.2) is 0 Å². The summed E-state index contributed by atoms with van der Waals surface area (Å²) < 4.78 is 11.8. The van der Waals surface area contributed by atoms with Crippen molar-refractivity contribution in [2.24, 2.45) is 0 Å². The normalized spacial score (nSPS) is 21.1. The lowest BCUT2D eigenvalue weighted by Gasteiger charge is -2.44. The van der Waals surface area contributed by atoms with Gasteiger partial charge in [0.05, 0.1) is 19.3 Å². The van der Waals surface area contributed by atoms with Crippen LogP contribution in [0.25, 0.3) is 5.57 Å². The number of nitrogens with zero attached hydrogens (tertiary/aromatic N) is 1. The molecule has 0 spiro atoms. The van der Waals surface area contributed by atoms with E-state index in [0.29, 0.717) is 18.7 Å². The van der Waals surface area contributed by atoms with E-state index in [0.717, 1.165) is 31.9 Å². The second-order valence-electron chi connectivity index (χ2n) is 8.11. The quantitative estimate of drug-likeness (QED) is 0.562. The summed E-state index contributed by atoms with van der Waals surface area (Å²) in [5, 5.41) is 0. The lowest BCUT2D eigenvalue weighted by molar-refractivity contribution is -0.0402. The Hall–Kier alpha value is -2.88. The Morgan fingerprint density at radius 3 is 2.20 bits per heavy atom. The predicted octanol–water partition coefficient (Wildman–Crippen LogP) is 5.32. The van der Waals surface area contributed by atoms with Crippen LogP contribution in [0.5, 0.6) is 5.75 Å². The molecular weight excluding hydrogens is 370 g/mol. The zero-order chi connectivity index (χ0) is 20.2. The van der Waals surface area contributed by atoms with E-state index in [2.05, 4.69) is 77.7 Å². The molecule has 0 aromatic heterocycles.